The summed E-state index contributed by atoms with van der Waals surface area (Å²) in [4.78, 5) is 0. The van der Waals surface area contributed by atoms with Gasteiger partial charge < -0.3 is 5.32 Å². The fourth-order valence-corrected chi connectivity index (χ4v) is 2.89. The molecule has 0 spiro atoms. The minimum atomic E-state index is 0.217. The molecule has 0 aromatic carbocycles. The molecule has 15 heavy (non-hydrogen) atoms. The van der Waals surface area contributed by atoms with Crippen LogP contribution in [-0.2, 0) is 0 Å². The summed E-state index contributed by atoms with van der Waals surface area (Å²) in [6, 6.07) is 0.710. The fourth-order valence-electron chi connectivity index (χ4n) is 1.80. The molecule has 1 N–H and O–H groups in total. The van der Waals surface area contributed by atoms with Gasteiger partial charge in [0, 0.05) is 0 Å². The molecule has 0 amide bonds. The van der Waals surface area contributed by atoms with E-state index in [2.05, 4.69) is 27.8 Å². The van der Waals surface area contributed by atoms with E-state index in [1.54, 1.807) is 0 Å². The third-order valence-corrected chi connectivity index (χ3v) is 3.92. The van der Waals surface area contributed by atoms with Crippen molar-refractivity contribution in [2.75, 3.05) is 18.6 Å². The van der Waals surface area contributed by atoms with Crippen LogP contribution in [-0.4, -0.2) is 38.8 Å². The third-order valence-electron chi connectivity index (χ3n) is 2.88. The van der Waals surface area contributed by atoms with Crippen molar-refractivity contribution in [3.8, 4) is 0 Å². The van der Waals surface area contributed by atoms with Crippen molar-refractivity contribution in [2.45, 2.75) is 31.8 Å². The lowest BCUT2D eigenvalue weighted by molar-refractivity contribution is 0.388. The molecule has 5 nitrogen and oxygen atoms in total. The molecule has 84 valence electrons. The maximum absolute atomic E-state index is 4.12. The van der Waals surface area contributed by atoms with Crippen LogP contribution in [0.4, 0.5) is 0 Å². The van der Waals surface area contributed by atoms with Crippen LogP contribution >= 0.6 is 11.8 Å². The fraction of sp³-hybridized carbons (Fsp3) is 0.889. The van der Waals surface area contributed by atoms with Gasteiger partial charge in [0.05, 0.1) is 12.1 Å². The molecule has 2 heterocycles. The molecule has 0 saturated carbocycles. The van der Waals surface area contributed by atoms with E-state index in [-0.39, 0.29) is 6.04 Å². The molecule has 1 aromatic rings. The highest BCUT2D eigenvalue weighted by Crippen LogP contribution is 2.27. The smallest absolute Gasteiger partial charge is 0.168 e. The Bertz CT molecular complexity index is 307. The topological polar surface area (TPSA) is 55.6 Å². The summed E-state index contributed by atoms with van der Waals surface area (Å²) in [5.74, 6) is 3.39. The zero-order valence-electron chi connectivity index (χ0n) is 9.18. The van der Waals surface area contributed by atoms with E-state index in [0.717, 1.165) is 5.82 Å². The zero-order valence-corrected chi connectivity index (χ0v) is 10.00. The lowest BCUT2D eigenvalue weighted by Crippen LogP contribution is -2.23. The van der Waals surface area contributed by atoms with Crippen molar-refractivity contribution in [3.63, 3.8) is 0 Å². The van der Waals surface area contributed by atoms with Gasteiger partial charge in [-0.2, -0.15) is 11.8 Å². The Morgan fingerprint density at radius 3 is 2.87 bits per heavy atom. The van der Waals surface area contributed by atoms with Gasteiger partial charge in [-0.25, -0.2) is 4.68 Å². The number of nitrogens with one attached hydrogen (secondary N) is 1. The lowest BCUT2D eigenvalue weighted by atomic mass is 10.1. The Morgan fingerprint density at radius 1 is 1.47 bits per heavy atom. The van der Waals surface area contributed by atoms with Crippen molar-refractivity contribution in [1.82, 2.24) is 25.5 Å². The van der Waals surface area contributed by atoms with Crippen LogP contribution in [0.3, 0.4) is 0 Å². The molecule has 1 atom stereocenters. The van der Waals surface area contributed by atoms with E-state index >= 15 is 0 Å². The highest BCUT2D eigenvalue weighted by atomic mass is 32.2. The van der Waals surface area contributed by atoms with Gasteiger partial charge in [-0.1, -0.05) is 0 Å². The Kier molecular flexibility index (Phi) is 3.58. The monoisotopic (exact) mass is 227 g/mol. The molecule has 0 aliphatic carbocycles. The number of hydrogen-bond acceptors (Lipinski definition) is 5. The van der Waals surface area contributed by atoms with Crippen LogP contribution in [0.15, 0.2) is 0 Å². The number of tetrazole rings is 1. The molecule has 0 radical (unpaired) electrons. The Morgan fingerprint density at radius 2 is 2.20 bits per heavy atom. The molecule has 1 aliphatic heterocycles. The predicted molar refractivity (Wildman–Crippen MR) is 60.9 cm³/mol. The standard InChI is InChI=1S/C9H17N5S/c1-7(10-2)9-11-12-13-14(9)8-3-5-15-6-4-8/h7-8,10H,3-6H2,1-2H3. The maximum atomic E-state index is 4.12. The van der Waals surface area contributed by atoms with E-state index in [1.807, 2.05) is 23.5 Å². The van der Waals surface area contributed by atoms with Crippen molar-refractivity contribution >= 4 is 11.8 Å². The van der Waals surface area contributed by atoms with E-state index < -0.39 is 0 Å². The first-order valence-electron chi connectivity index (χ1n) is 5.35. The van der Waals surface area contributed by atoms with Crippen LogP contribution in [0.25, 0.3) is 0 Å². The van der Waals surface area contributed by atoms with Gasteiger partial charge >= 0.3 is 0 Å². The van der Waals surface area contributed by atoms with Crippen molar-refractivity contribution in [3.05, 3.63) is 5.82 Å². The molecular weight excluding hydrogens is 210 g/mol. The first-order chi connectivity index (χ1) is 7.33. The number of hydrogen-bond donors (Lipinski definition) is 1. The predicted octanol–water partition coefficient (Wildman–Crippen LogP) is 1.02. The first-order valence-corrected chi connectivity index (χ1v) is 6.51. The number of aromatic nitrogens is 4. The lowest BCUT2D eigenvalue weighted by Gasteiger charge is -2.23. The van der Waals surface area contributed by atoms with Gasteiger partial charge in [0.15, 0.2) is 5.82 Å². The second-order valence-electron chi connectivity index (χ2n) is 3.84. The number of rotatable bonds is 3. The summed E-state index contributed by atoms with van der Waals surface area (Å²) in [6.45, 7) is 2.08. The Balaban J connectivity index is 2.15. The molecule has 1 aromatic heterocycles. The second kappa shape index (κ2) is 4.94. The van der Waals surface area contributed by atoms with Gasteiger partial charge in [-0.3, -0.25) is 0 Å². The molecule has 1 fully saturated rings. The maximum Gasteiger partial charge on any atom is 0.168 e. The summed E-state index contributed by atoms with van der Waals surface area (Å²) < 4.78 is 2.00. The minimum absolute atomic E-state index is 0.217. The van der Waals surface area contributed by atoms with Gasteiger partial charge in [0.1, 0.15) is 0 Å². The molecule has 0 bridgehead atoms. The normalized spacial score (nSPS) is 20.4. The highest BCUT2D eigenvalue weighted by Gasteiger charge is 2.22. The van der Waals surface area contributed by atoms with E-state index in [9.17, 15) is 0 Å². The van der Waals surface area contributed by atoms with Crippen LogP contribution in [0, 0.1) is 0 Å². The largest absolute Gasteiger partial charge is 0.311 e. The molecule has 1 saturated heterocycles. The SMILES string of the molecule is CNC(C)c1nnnn1C1CCSCC1. The quantitative estimate of drug-likeness (QED) is 0.835. The number of thioether (sulfide) groups is 1. The molecule has 2 rings (SSSR count). The van der Waals surface area contributed by atoms with Gasteiger partial charge in [0.25, 0.3) is 0 Å². The second-order valence-corrected chi connectivity index (χ2v) is 5.06. The van der Waals surface area contributed by atoms with Crippen molar-refractivity contribution in [2.24, 2.45) is 0 Å². The summed E-state index contributed by atoms with van der Waals surface area (Å²) in [5, 5.41) is 15.2. The van der Waals surface area contributed by atoms with Gasteiger partial charge in [-0.05, 0) is 48.7 Å². The van der Waals surface area contributed by atoms with Crippen LogP contribution in [0.5, 0.6) is 0 Å². The van der Waals surface area contributed by atoms with Gasteiger partial charge in [-0.15, -0.1) is 5.10 Å². The molecular formula is C9H17N5S. The van der Waals surface area contributed by atoms with Crippen LogP contribution < -0.4 is 5.32 Å². The summed E-state index contributed by atoms with van der Waals surface area (Å²) in [7, 11) is 1.93. The number of nitrogens with zero attached hydrogens (tertiary/aromatic N) is 4. The Hall–Kier alpha value is -0.620. The summed E-state index contributed by atoms with van der Waals surface area (Å²) >= 11 is 2.02. The third kappa shape index (κ3) is 2.31. The average Bonchev–Trinajstić information content (AvgIpc) is 2.78. The minimum Gasteiger partial charge on any atom is -0.311 e. The zero-order chi connectivity index (χ0) is 10.7. The van der Waals surface area contributed by atoms with Crippen LogP contribution in [0.2, 0.25) is 0 Å². The highest BCUT2D eigenvalue weighted by molar-refractivity contribution is 7.99. The van der Waals surface area contributed by atoms with Crippen molar-refractivity contribution < 1.29 is 0 Å². The van der Waals surface area contributed by atoms with Crippen LogP contribution in [0.1, 0.15) is 37.7 Å². The van der Waals surface area contributed by atoms with Gasteiger partial charge in [0.2, 0.25) is 0 Å². The van der Waals surface area contributed by atoms with E-state index in [1.165, 1.54) is 24.3 Å². The summed E-state index contributed by atoms with van der Waals surface area (Å²) in [6.07, 6.45) is 2.36. The molecule has 1 unspecified atom stereocenters. The summed E-state index contributed by atoms with van der Waals surface area (Å²) in [5.41, 5.74) is 0. The molecule has 1 aliphatic rings. The van der Waals surface area contributed by atoms with E-state index in [4.69, 9.17) is 0 Å². The first kappa shape index (κ1) is 10.9. The van der Waals surface area contributed by atoms with Crippen molar-refractivity contribution in [1.29, 1.82) is 0 Å². The Labute approximate surface area is 94.0 Å². The average molecular weight is 227 g/mol. The molecule has 6 heteroatoms. The van der Waals surface area contributed by atoms with E-state index in [0.29, 0.717) is 6.04 Å².